The molecular formula is C15H25NO2. The number of nitrogens with one attached hydrogen (secondary N) is 1. The molecule has 0 aliphatic heterocycles. The largest absolute Gasteiger partial charge is 0.497 e. The van der Waals surface area contributed by atoms with Crippen molar-refractivity contribution in [3.05, 3.63) is 23.8 Å². The lowest BCUT2D eigenvalue weighted by molar-refractivity contribution is 0.387. The standard InChI is InChI=1S/C15H25NO2/c1-6-16-8-7-15(2,3)12-9-13(17-4)11-14(10-12)18-5/h9-11,16H,6-8H2,1-5H3. The molecular weight excluding hydrogens is 226 g/mol. The monoisotopic (exact) mass is 251 g/mol. The van der Waals surface area contributed by atoms with Gasteiger partial charge in [0.1, 0.15) is 11.5 Å². The van der Waals surface area contributed by atoms with Crippen LogP contribution in [0.4, 0.5) is 0 Å². The zero-order valence-corrected chi connectivity index (χ0v) is 12.2. The summed E-state index contributed by atoms with van der Waals surface area (Å²) in [5.74, 6) is 1.70. The van der Waals surface area contributed by atoms with Crippen molar-refractivity contribution in [3.63, 3.8) is 0 Å². The fraction of sp³-hybridized carbons (Fsp3) is 0.600. The molecule has 0 aliphatic carbocycles. The fourth-order valence-electron chi connectivity index (χ4n) is 1.92. The quantitative estimate of drug-likeness (QED) is 0.756. The number of benzene rings is 1. The first-order valence-corrected chi connectivity index (χ1v) is 6.47. The van der Waals surface area contributed by atoms with E-state index in [4.69, 9.17) is 9.47 Å². The summed E-state index contributed by atoms with van der Waals surface area (Å²) in [7, 11) is 3.37. The van der Waals surface area contributed by atoms with E-state index in [1.54, 1.807) is 14.2 Å². The van der Waals surface area contributed by atoms with Crippen molar-refractivity contribution in [1.29, 1.82) is 0 Å². The minimum absolute atomic E-state index is 0.101. The van der Waals surface area contributed by atoms with Gasteiger partial charge in [-0.1, -0.05) is 20.8 Å². The molecule has 1 aromatic rings. The van der Waals surface area contributed by atoms with Crippen molar-refractivity contribution in [2.75, 3.05) is 27.3 Å². The molecule has 0 atom stereocenters. The first kappa shape index (κ1) is 14.8. The van der Waals surface area contributed by atoms with Crippen LogP contribution in [0.3, 0.4) is 0 Å². The average Bonchev–Trinajstić information content (AvgIpc) is 2.38. The summed E-state index contributed by atoms with van der Waals surface area (Å²) in [5, 5.41) is 3.37. The molecule has 102 valence electrons. The van der Waals surface area contributed by atoms with Crippen LogP contribution in [0.2, 0.25) is 0 Å². The third-order valence-corrected chi connectivity index (χ3v) is 3.31. The first-order chi connectivity index (χ1) is 8.53. The van der Waals surface area contributed by atoms with E-state index in [2.05, 4.69) is 38.2 Å². The van der Waals surface area contributed by atoms with Crippen molar-refractivity contribution in [2.45, 2.75) is 32.6 Å². The second-order valence-corrected chi connectivity index (χ2v) is 5.09. The summed E-state index contributed by atoms with van der Waals surface area (Å²) in [4.78, 5) is 0. The highest BCUT2D eigenvalue weighted by Crippen LogP contribution is 2.33. The number of hydrogen-bond donors (Lipinski definition) is 1. The lowest BCUT2D eigenvalue weighted by atomic mass is 9.81. The highest BCUT2D eigenvalue weighted by atomic mass is 16.5. The highest BCUT2D eigenvalue weighted by molar-refractivity contribution is 5.41. The topological polar surface area (TPSA) is 30.5 Å². The van der Waals surface area contributed by atoms with Gasteiger partial charge in [-0.25, -0.2) is 0 Å². The molecule has 0 unspecified atom stereocenters. The number of ether oxygens (including phenoxy) is 2. The van der Waals surface area contributed by atoms with E-state index < -0.39 is 0 Å². The molecule has 0 aliphatic rings. The van der Waals surface area contributed by atoms with E-state index in [1.807, 2.05) is 6.07 Å². The molecule has 3 nitrogen and oxygen atoms in total. The van der Waals surface area contributed by atoms with Crippen LogP contribution in [-0.4, -0.2) is 27.3 Å². The Kier molecular flexibility index (Phi) is 5.48. The molecule has 0 amide bonds. The van der Waals surface area contributed by atoms with E-state index in [1.165, 1.54) is 5.56 Å². The van der Waals surface area contributed by atoms with Crippen molar-refractivity contribution in [1.82, 2.24) is 5.32 Å². The molecule has 0 spiro atoms. The Labute approximate surface area is 110 Å². The van der Waals surface area contributed by atoms with E-state index in [0.29, 0.717) is 0 Å². The normalized spacial score (nSPS) is 11.4. The van der Waals surface area contributed by atoms with Crippen LogP contribution in [0.1, 0.15) is 32.8 Å². The number of rotatable bonds is 7. The predicted molar refractivity (Wildman–Crippen MR) is 75.7 cm³/mol. The Morgan fingerprint density at radius 2 is 1.61 bits per heavy atom. The van der Waals surface area contributed by atoms with Crippen LogP contribution in [0, 0.1) is 0 Å². The van der Waals surface area contributed by atoms with Crippen LogP contribution in [-0.2, 0) is 5.41 Å². The van der Waals surface area contributed by atoms with E-state index in [0.717, 1.165) is 31.0 Å². The van der Waals surface area contributed by atoms with Gasteiger partial charge in [0.05, 0.1) is 14.2 Å². The minimum Gasteiger partial charge on any atom is -0.497 e. The highest BCUT2D eigenvalue weighted by Gasteiger charge is 2.21. The summed E-state index contributed by atoms with van der Waals surface area (Å²) in [6.45, 7) is 8.65. The first-order valence-electron chi connectivity index (χ1n) is 6.47. The Morgan fingerprint density at radius 1 is 1.06 bits per heavy atom. The second kappa shape index (κ2) is 6.64. The van der Waals surface area contributed by atoms with Crippen molar-refractivity contribution >= 4 is 0 Å². The molecule has 0 aromatic heterocycles. The molecule has 0 radical (unpaired) electrons. The third kappa shape index (κ3) is 3.91. The lowest BCUT2D eigenvalue weighted by Crippen LogP contribution is -2.25. The molecule has 0 saturated carbocycles. The summed E-state index contributed by atoms with van der Waals surface area (Å²) < 4.78 is 10.6. The minimum atomic E-state index is 0.101. The van der Waals surface area contributed by atoms with Crippen LogP contribution in [0.25, 0.3) is 0 Å². The second-order valence-electron chi connectivity index (χ2n) is 5.09. The maximum Gasteiger partial charge on any atom is 0.122 e. The van der Waals surface area contributed by atoms with Gasteiger partial charge in [-0.2, -0.15) is 0 Å². The van der Waals surface area contributed by atoms with Crippen molar-refractivity contribution in [2.24, 2.45) is 0 Å². The smallest absolute Gasteiger partial charge is 0.122 e. The molecule has 0 heterocycles. The molecule has 1 aromatic carbocycles. The van der Waals surface area contributed by atoms with Gasteiger partial charge in [0.2, 0.25) is 0 Å². The van der Waals surface area contributed by atoms with Gasteiger partial charge in [-0.3, -0.25) is 0 Å². The molecule has 0 fully saturated rings. The zero-order valence-electron chi connectivity index (χ0n) is 12.2. The SMILES string of the molecule is CCNCCC(C)(C)c1cc(OC)cc(OC)c1. The van der Waals surface area contributed by atoms with Gasteiger partial charge >= 0.3 is 0 Å². The van der Waals surface area contributed by atoms with Crippen LogP contribution < -0.4 is 14.8 Å². The summed E-state index contributed by atoms with van der Waals surface area (Å²) >= 11 is 0. The lowest BCUT2D eigenvalue weighted by Gasteiger charge is -2.26. The maximum atomic E-state index is 5.32. The van der Waals surface area contributed by atoms with Gasteiger partial charge in [-0.05, 0) is 42.6 Å². The van der Waals surface area contributed by atoms with Gasteiger partial charge in [0.25, 0.3) is 0 Å². The van der Waals surface area contributed by atoms with Gasteiger partial charge in [0.15, 0.2) is 0 Å². The summed E-state index contributed by atoms with van der Waals surface area (Å²) in [6, 6.07) is 6.09. The number of methoxy groups -OCH3 is 2. The van der Waals surface area contributed by atoms with E-state index >= 15 is 0 Å². The fourth-order valence-corrected chi connectivity index (χ4v) is 1.92. The maximum absolute atomic E-state index is 5.32. The number of hydrogen-bond acceptors (Lipinski definition) is 3. The average molecular weight is 251 g/mol. The van der Waals surface area contributed by atoms with E-state index in [-0.39, 0.29) is 5.41 Å². The summed E-state index contributed by atoms with van der Waals surface area (Å²) in [5.41, 5.74) is 1.35. The Balaban J connectivity index is 2.91. The van der Waals surface area contributed by atoms with Crippen LogP contribution in [0.15, 0.2) is 18.2 Å². The Hall–Kier alpha value is -1.22. The molecule has 3 heteroatoms. The van der Waals surface area contributed by atoms with Crippen molar-refractivity contribution in [3.8, 4) is 11.5 Å². The van der Waals surface area contributed by atoms with Gasteiger partial charge in [0, 0.05) is 6.07 Å². The van der Waals surface area contributed by atoms with Crippen molar-refractivity contribution < 1.29 is 9.47 Å². The van der Waals surface area contributed by atoms with Crippen LogP contribution in [0.5, 0.6) is 11.5 Å². The molecule has 18 heavy (non-hydrogen) atoms. The Bertz CT molecular complexity index is 353. The zero-order chi connectivity index (χ0) is 13.6. The molecule has 0 saturated heterocycles. The summed E-state index contributed by atoms with van der Waals surface area (Å²) in [6.07, 6.45) is 1.08. The van der Waals surface area contributed by atoms with Gasteiger partial charge in [-0.15, -0.1) is 0 Å². The predicted octanol–water partition coefficient (Wildman–Crippen LogP) is 2.98. The third-order valence-electron chi connectivity index (χ3n) is 3.31. The molecule has 0 bridgehead atoms. The molecule has 1 rings (SSSR count). The van der Waals surface area contributed by atoms with Gasteiger partial charge < -0.3 is 14.8 Å². The van der Waals surface area contributed by atoms with E-state index in [9.17, 15) is 0 Å². The Morgan fingerprint density at radius 3 is 2.06 bits per heavy atom. The molecule has 1 N–H and O–H groups in total. The van der Waals surface area contributed by atoms with Crippen LogP contribution >= 0.6 is 0 Å².